The second-order valence-corrected chi connectivity index (χ2v) is 9.74. The molecular weight excluding hydrogens is 372 g/mol. The monoisotopic (exact) mass is 396 g/mol. The lowest BCUT2D eigenvalue weighted by Gasteiger charge is -2.22. The van der Waals surface area contributed by atoms with E-state index in [1.54, 1.807) is 24.3 Å². The summed E-state index contributed by atoms with van der Waals surface area (Å²) in [5, 5.41) is 0.863. The summed E-state index contributed by atoms with van der Waals surface area (Å²) in [5.41, 5.74) is 3.11. The number of nitrogens with zero attached hydrogens (tertiary/aromatic N) is 2. The van der Waals surface area contributed by atoms with E-state index in [0.717, 1.165) is 35.1 Å². The molecule has 0 radical (unpaired) electrons. The number of benzene rings is 1. The Balaban J connectivity index is 1.72. The fourth-order valence-corrected chi connectivity index (χ4v) is 4.74. The van der Waals surface area contributed by atoms with Crippen LogP contribution in [0.1, 0.15) is 42.5 Å². The van der Waals surface area contributed by atoms with Gasteiger partial charge in [0.05, 0.1) is 10.6 Å². The zero-order chi connectivity index (χ0) is 19.7. The van der Waals surface area contributed by atoms with Crippen LogP contribution >= 0.6 is 0 Å². The Morgan fingerprint density at radius 2 is 1.79 bits per heavy atom. The van der Waals surface area contributed by atoms with E-state index in [4.69, 9.17) is 4.98 Å². The van der Waals surface area contributed by atoms with Gasteiger partial charge < -0.3 is 4.57 Å². The third kappa shape index (κ3) is 3.74. The van der Waals surface area contributed by atoms with Crippen LogP contribution in [0.4, 0.5) is 0 Å². The second kappa shape index (κ2) is 7.51. The highest BCUT2D eigenvalue weighted by molar-refractivity contribution is 7.90. The van der Waals surface area contributed by atoms with Crippen molar-refractivity contribution in [2.45, 2.75) is 43.5 Å². The van der Waals surface area contributed by atoms with Crippen LogP contribution in [0.15, 0.2) is 47.5 Å². The van der Waals surface area contributed by atoms with Crippen LogP contribution in [0.2, 0.25) is 0 Å². The molecule has 1 aliphatic carbocycles. The van der Waals surface area contributed by atoms with Gasteiger partial charge in [-0.3, -0.25) is 4.79 Å². The normalized spacial score (nSPS) is 15.8. The SMILES string of the molecule is CS(=O)(=O)c1ccc(-c2ccc3c(C=O)cn(CC4CCCCC4)c3n2)cc1. The fraction of sp³-hybridized carbons (Fsp3) is 0.364. The third-order valence-corrected chi connectivity index (χ3v) is 6.77. The summed E-state index contributed by atoms with van der Waals surface area (Å²) in [6.45, 7) is 0.883. The molecule has 2 aromatic heterocycles. The van der Waals surface area contributed by atoms with E-state index >= 15 is 0 Å². The number of aromatic nitrogens is 2. The van der Waals surface area contributed by atoms with Crippen LogP contribution in [0.5, 0.6) is 0 Å². The first-order valence-corrected chi connectivity index (χ1v) is 11.6. The van der Waals surface area contributed by atoms with Crippen molar-refractivity contribution < 1.29 is 13.2 Å². The van der Waals surface area contributed by atoms with Crippen molar-refractivity contribution >= 4 is 27.2 Å². The summed E-state index contributed by atoms with van der Waals surface area (Å²) < 4.78 is 25.5. The third-order valence-electron chi connectivity index (χ3n) is 5.64. The van der Waals surface area contributed by atoms with E-state index in [-0.39, 0.29) is 0 Å². The molecule has 6 heteroatoms. The molecule has 0 N–H and O–H groups in total. The molecular formula is C22H24N2O3S. The summed E-state index contributed by atoms with van der Waals surface area (Å²) >= 11 is 0. The Hall–Kier alpha value is -2.47. The van der Waals surface area contributed by atoms with Gasteiger partial charge in [-0.25, -0.2) is 13.4 Å². The average Bonchev–Trinajstić information content (AvgIpc) is 3.05. The molecule has 0 saturated heterocycles. The maximum atomic E-state index is 11.7. The summed E-state index contributed by atoms with van der Waals surface area (Å²) in [5.74, 6) is 0.628. The van der Waals surface area contributed by atoms with Gasteiger partial charge in [-0.2, -0.15) is 0 Å². The molecule has 5 nitrogen and oxygen atoms in total. The number of carbonyl (C=O) groups excluding carboxylic acids is 1. The van der Waals surface area contributed by atoms with Crippen molar-refractivity contribution in [2.24, 2.45) is 5.92 Å². The smallest absolute Gasteiger partial charge is 0.175 e. The van der Waals surface area contributed by atoms with Gasteiger partial charge in [-0.15, -0.1) is 0 Å². The topological polar surface area (TPSA) is 69.0 Å². The zero-order valence-corrected chi connectivity index (χ0v) is 16.8. The van der Waals surface area contributed by atoms with E-state index in [2.05, 4.69) is 4.57 Å². The number of fused-ring (bicyclic) bond motifs is 1. The van der Waals surface area contributed by atoms with E-state index in [1.165, 1.54) is 38.4 Å². The molecule has 28 heavy (non-hydrogen) atoms. The number of hydrogen-bond acceptors (Lipinski definition) is 4. The van der Waals surface area contributed by atoms with Gasteiger partial charge in [0.15, 0.2) is 16.1 Å². The van der Waals surface area contributed by atoms with Gasteiger partial charge >= 0.3 is 0 Å². The minimum atomic E-state index is -3.22. The minimum absolute atomic E-state index is 0.293. The molecule has 1 fully saturated rings. The number of aldehydes is 1. The van der Waals surface area contributed by atoms with Crippen molar-refractivity contribution in [1.29, 1.82) is 0 Å². The first-order valence-electron chi connectivity index (χ1n) is 9.71. The molecule has 0 aliphatic heterocycles. The maximum Gasteiger partial charge on any atom is 0.175 e. The number of pyridine rings is 1. The first-order chi connectivity index (χ1) is 13.5. The molecule has 0 unspecified atom stereocenters. The summed E-state index contributed by atoms with van der Waals surface area (Å²) in [6.07, 6.45) is 10.3. The zero-order valence-electron chi connectivity index (χ0n) is 16.0. The number of rotatable bonds is 5. The Bertz CT molecular complexity index is 1110. The van der Waals surface area contributed by atoms with Crippen LogP contribution in [-0.2, 0) is 16.4 Å². The number of hydrogen-bond donors (Lipinski definition) is 0. The standard InChI is InChI=1S/C22H24N2O3S/c1-28(26,27)19-9-7-17(8-10-19)21-12-11-20-18(15-25)14-24(22(20)23-21)13-16-5-3-2-4-6-16/h7-12,14-16H,2-6,13H2,1H3. The first kappa shape index (κ1) is 18.9. The predicted molar refractivity (Wildman–Crippen MR) is 110 cm³/mol. The molecule has 1 aromatic carbocycles. The highest BCUT2D eigenvalue weighted by Crippen LogP contribution is 2.29. The van der Waals surface area contributed by atoms with Crippen molar-refractivity contribution in [2.75, 3.05) is 6.26 Å². The summed E-state index contributed by atoms with van der Waals surface area (Å²) in [7, 11) is -3.22. The Morgan fingerprint density at radius 1 is 1.07 bits per heavy atom. The average molecular weight is 397 g/mol. The van der Waals surface area contributed by atoms with E-state index in [0.29, 0.717) is 16.4 Å². The van der Waals surface area contributed by atoms with Crippen LogP contribution < -0.4 is 0 Å². The van der Waals surface area contributed by atoms with Gasteiger partial charge in [0.1, 0.15) is 5.65 Å². The molecule has 1 aliphatic rings. The minimum Gasteiger partial charge on any atom is -0.331 e. The summed E-state index contributed by atoms with van der Waals surface area (Å²) in [6, 6.07) is 10.6. The largest absolute Gasteiger partial charge is 0.331 e. The van der Waals surface area contributed by atoms with Crippen molar-refractivity contribution in [1.82, 2.24) is 9.55 Å². The van der Waals surface area contributed by atoms with Crippen molar-refractivity contribution in [3.05, 3.63) is 48.2 Å². The van der Waals surface area contributed by atoms with Gasteiger partial charge in [0, 0.05) is 35.5 Å². The lowest BCUT2D eigenvalue weighted by atomic mass is 9.89. The highest BCUT2D eigenvalue weighted by Gasteiger charge is 2.17. The molecule has 1 saturated carbocycles. The van der Waals surface area contributed by atoms with Crippen molar-refractivity contribution in [3.8, 4) is 11.3 Å². The van der Waals surface area contributed by atoms with Gasteiger partial charge in [0.2, 0.25) is 0 Å². The molecule has 4 rings (SSSR count). The van der Waals surface area contributed by atoms with Gasteiger partial charge in [0.25, 0.3) is 0 Å². The van der Waals surface area contributed by atoms with Crippen LogP contribution in [0, 0.1) is 5.92 Å². The lowest BCUT2D eigenvalue weighted by Crippen LogP contribution is -2.13. The molecule has 0 atom stereocenters. The lowest BCUT2D eigenvalue weighted by molar-refractivity contribution is 0.112. The van der Waals surface area contributed by atoms with Crippen LogP contribution in [-0.4, -0.2) is 30.5 Å². The number of sulfone groups is 1. The fourth-order valence-electron chi connectivity index (χ4n) is 4.11. The van der Waals surface area contributed by atoms with Crippen molar-refractivity contribution in [3.63, 3.8) is 0 Å². The summed E-state index contributed by atoms with van der Waals surface area (Å²) in [4.78, 5) is 16.6. The molecule has 0 bridgehead atoms. The molecule has 0 spiro atoms. The van der Waals surface area contributed by atoms with Crippen LogP contribution in [0.25, 0.3) is 22.3 Å². The van der Waals surface area contributed by atoms with Gasteiger partial charge in [-0.05, 0) is 43.0 Å². The molecule has 0 amide bonds. The maximum absolute atomic E-state index is 11.7. The highest BCUT2D eigenvalue weighted by atomic mass is 32.2. The number of carbonyl (C=O) groups is 1. The molecule has 3 aromatic rings. The van der Waals surface area contributed by atoms with Gasteiger partial charge in [-0.1, -0.05) is 31.4 Å². The molecule has 2 heterocycles. The van der Waals surface area contributed by atoms with E-state index in [1.807, 2.05) is 18.3 Å². The second-order valence-electron chi connectivity index (χ2n) is 7.72. The molecule has 146 valence electrons. The van der Waals surface area contributed by atoms with E-state index < -0.39 is 9.84 Å². The quantitative estimate of drug-likeness (QED) is 0.596. The van der Waals surface area contributed by atoms with Crippen LogP contribution in [0.3, 0.4) is 0 Å². The Morgan fingerprint density at radius 3 is 2.43 bits per heavy atom. The Labute approximate surface area is 165 Å². The van der Waals surface area contributed by atoms with E-state index in [9.17, 15) is 13.2 Å². The Kier molecular flexibility index (Phi) is 5.06. The predicted octanol–water partition coefficient (Wildman–Crippen LogP) is 4.50.